The Morgan fingerprint density at radius 1 is 0.957 bits per heavy atom. The summed E-state index contributed by atoms with van der Waals surface area (Å²) in [6.07, 6.45) is 3.22. The largest absolute Gasteiger partial charge is 0.378 e. The molecule has 3 aromatic carbocycles. The highest BCUT2D eigenvalue weighted by molar-refractivity contribution is 6.01. The van der Waals surface area contributed by atoms with Crippen LogP contribution in [0.25, 0.3) is 22.3 Å². The lowest BCUT2D eigenvalue weighted by Gasteiger charge is -2.29. The molecule has 244 valence electrons. The summed E-state index contributed by atoms with van der Waals surface area (Å²) in [5.41, 5.74) is 4.22. The van der Waals surface area contributed by atoms with Crippen molar-refractivity contribution in [1.29, 1.82) is 5.41 Å². The van der Waals surface area contributed by atoms with Gasteiger partial charge in [-0.15, -0.1) is 0 Å². The van der Waals surface area contributed by atoms with E-state index in [4.69, 9.17) is 20.1 Å². The lowest BCUT2D eigenvalue weighted by molar-refractivity contribution is 0.0827. The summed E-state index contributed by atoms with van der Waals surface area (Å²) in [5.74, 6) is 1.03. The van der Waals surface area contributed by atoms with E-state index in [1.807, 2.05) is 50.6 Å². The quantitative estimate of drug-likeness (QED) is 0.200. The first kappa shape index (κ1) is 33.2. The number of aromatic nitrogens is 2. The molecule has 4 aromatic rings. The molecule has 12 nitrogen and oxygen atoms in total. The number of likely N-dealkylation sites (N-methyl/N-ethyl adjacent to an activating group) is 1. The number of fused-ring (bicyclic) bond motifs is 1. The summed E-state index contributed by atoms with van der Waals surface area (Å²) in [4.78, 5) is 45.1. The van der Waals surface area contributed by atoms with E-state index >= 15 is 0 Å². The molecule has 0 bridgehead atoms. The molecule has 0 radical (unpaired) electrons. The molecule has 1 aromatic heterocycles. The number of benzene rings is 3. The topological polar surface area (TPSA) is 139 Å². The molecule has 1 saturated heterocycles. The Balaban J connectivity index is 1.36. The number of hydrogen-bond acceptors (Lipinski definition) is 9. The Morgan fingerprint density at radius 2 is 1.62 bits per heavy atom. The number of carbonyl (C=O) groups is 2. The first-order chi connectivity index (χ1) is 22.7. The number of morpholine rings is 1. The van der Waals surface area contributed by atoms with Crippen molar-refractivity contribution >= 4 is 52.5 Å². The molecule has 1 aliphatic heterocycles. The van der Waals surface area contributed by atoms with Gasteiger partial charge >= 0.3 is 6.03 Å². The van der Waals surface area contributed by atoms with Gasteiger partial charge in [-0.3, -0.25) is 9.79 Å². The fourth-order valence-electron chi connectivity index (χ4n) is 5.10. The van der Waals surface area contributed by atoms with E-state index in [-0.39, 0.29) is 11.8 Å². The summed E-state index contributed by atoms with van der Waals surface area (Å²) in [7, 11) is 7.41. The second kappa shape index (κ2) is 15.4. The molecule has 2 heterocycles. The number of nitrogens with one attached hydrogen (secondary N) is 3. The van der Waals surface area contributed by atoms with E-state index < -0.39 is 6.03 Å². The number of urea groups is 1. The van der Waals surface area contributed by atoms with Crippen molar-refractivity contribution in [3.8, 4) is 11.4 Å². The number of nitrogens with zero attached hydrogens (tertiary/aromatic N) is 6. The van der Waals surface area contributed by atoms with E-state index in [0.717, 1.165) is 47.5 Å². The number of carbonyl (C=O) groups excluding carboxylic acids is 2. The van der Waals surface area contributed by atoms with Crippen LogP contribution in [0.4, 0.5) is 22.0 Å². The second-order valence-electron chi connectivity index (χ2n) is 11.7. The number of ether oxygens (including phenoxy) is 1. The number of amides is 3. The summed E-state index contributed by atoms with van der Waals surface area (Å²) < 4.78 is 5.60. The van der Waals surface area contributed by atoms with Gasteiger partial charge in [0.2, 0.25) is 0 Å². The smallest absolute Gasteiger partial charge is 0.323 e. The molecule has 3 amide bonds. The van der Waals surface area contributed by atoms with Gasteiger partial charge in [-0.05, 0) is 80.3 Å². The maximum absolute atomic E-state index is 12.7. The van der Waals surface area contributed by atoms with Gasteiger partial charge in [0.1, 0.15) is 5.82 Å². The predicted molar refractivity (Wildman–Crippen MR) is 189 cm³/mol. The van der Waals surface area contributed by atoms with Crippen LogP contribution in [-0.4, -0.2) is 112 Å². The maximum Gasteiger partial charge on any atom is 0.323 e. The van der Waals surface area contributed by atoms with Gasteiger partial charge in [-0.25, -0.2) is 14.8 Å². The summed E-state index contributed by atoms with van der Waals surface area (Å²) in [6.45, 7) is 4.20. The van der Waals surface area contributed by atoms with Gasteiger partial charge in [0.05, 0.1) is 31.2 Å². The molecule has 1 atom stereocenters. The lowest BCUT2D eigenvalue weighted by Crippen LogP contribution is -2.37. The molecule has 12 heteroatoms. The molecule has 0 spiro atoms. The van der Waals surface area contributed by atoms with E-state index in [0.29, 0.717) is 42.5 Å². The predicted octanol–water partition coefficient (Wildman–Crippen LogP) is 4.84. The molecular weight excluding hydrogens is 594 g/mol. The third-order valence-corrected chi connectivity index (χ3v) is 7.72. The van der Waals surface area contributed by atoms with Crippen LogP contribution in [0.2, 0.25) is 0 Å². The average Bonchev–Trinajstić information content (AvgIpc) is 3.08. The van der Waals surface area contributed by atoms with Gasteiger partial charge in [0.15, 0.2) is 5.82 Å². The monoisotopic (exact) mass is 635 g/mol. The van der Waals surface area contributed by atoms with Crippen LogP contribution < -0.4 is 15.5 Å². The normalized spacial score (nSPS) is 13.9. The van der Waals surface area contributed by atoms with Crippen LogP contribution in [0.5, 0.6) is 0 Å². The summed E-state index contributed by atoms with van der Waals surface area (Å²) >= 11 is 0. The van der Waals surface area contributed by atoms with Gasteiger partial charge in [-0.1, -0.05) is 6.07 Å². The van der Waals surface area contributed by atoms with Crippen LogP contribution in [0.15, 0.2) is 71.7 Å². The Morgan fingerprint density at radius 3 is 2.23 bits per heavy atom. The van der Waals surface area contributed by atoms with E-state index in [9.17, 15) is 9.59 Å². The maximum atomic E-state index is 12.7. The lowest BCUT2D eigenvalue weighted by atomic mass is 9.99. The van der Waals surface area contributed by atoms with Gasteiger partial charge < -0.3 is 35.5 Å². The molecule has 0 saturated carbocycles. The summed E-state index contributed by atoms with van der Waals surface area (Å²) in [6, 6.07) is 19.8. The molecule has 1 fully saturated rings. The molecule has 0 aliphatic carbocycles. The van der Waals surface area contributed by atoms with Crippen molar-refractivity contribution < 1.29 is 14.3 Å². The zero-order valence-corrected chi connectivity index (χ0v) is 27.2. The zero-order chi connectivity index (χ0) is 33.3. The number of aliphatic imine (C=N–C) groups is 1. The second-order valence-corrected chi connectivity index (χ2v) is 11.7. The van der Waals surface area contributed by atoms with Crippen molar-refractivity contribution in [2.45, 2.75) is 5.92 Å². The molecule has 1 unspecified atom stereocenters. The SMILES string of the molecule is CN(C)CCN=CC(C=N)c1ccc2c(N3CCOCC3)nc(-c3ccc(NC(=O)Nc4ccc(C(=O)N(C)C)cc4)cc3)nc2c1. The van der Waals surface area contributed by atoms with Crippen LogP contribution in [0.3, 0.4) is 0 Å². The number of rotatable bonds is 11. The van der Waals surface area contributed by atoms with Crippen molar-refractivity contribution in [3.63, 3.8) is 0 Å². The van der Waals surface area contributed by atoms with Crippen LogP contribution in [-0.2, 0) is 4.74 Å². The number of hydrogen-bond donors (Lipinski definition) is 3. The van der Waals surface area contributed by atoms with Gasteiger partial charge in [-0.2, -0.15) is 0 Å². The van der Waals surface area contributed by atoms with Gasteiger partial charge in [0, 0.05) is 74.0 Å². The Kier molecular flexibility index (Phi) is 10.9. The van der Waals surface area contributed by atoms with Crippen molar-refractivity contribution in [1.82, 2.24) is 19.8 Å². The fraction of sp³-hybridized carbons (Fsp3) is 0.314. The minimum atomic E-state index is -0.403. The molecule has 47 heavy (non-hydrogen) atoms. The first-order valence-corrected chi connectivity index (χ1v) is 15.5. The van der Waals surface area contributed by atoms with Crippen molar-refractivity contribution in [2.75, 3.05) is 83.1 Å². The zero-order valence-electron chi connectivity index (χ0n) is 27.2. The van der Waals surface area contributed by atoms with Crippen LogP contribution in [0.1, 0.15) is 21.8 Å². The highest BCUT2D eigenvalue weighted by Gasteiger charge is 2.19. The Hall–Kier alpha value is -5.20. The van der Waals surface area contributed by atoms with E-state index in [1.54, 1.807) is 50.5 Å². The first-order valence-electron chi connectivity index (χ1n) is 15.5. The van der Waals surface area contributed by atoms with Crippen molar-refractivity contribution in [3.05, 3.63) is 77.9 Å². The Bertz CT molecular complexity index is 1730. The minimum absolute atomic E-state index is 0.106. The van der Waals surface area contributed by atoms with E-state index in [1.165, 1.54) is 11.1 Å². The van der Waals surface area contributed by atoms with Gasteiger partial charge in [0.25, 0.3) is 5.91 Å². The molecule has 3 N–H and O–H groups in total. The molecule has 5 rings (SSSR count). The van der Waals surface area contributed by atoms with Crippen LogP contribution >= 0.6 is 0 Å². The average molecular weight is 636 g/mol. The third kappa shape index (κ3) is 8.54. The highest BCUT2D eigenvalue weighted by Crippen LogP contribution is 2.30. The highest BCUT2D eigenvalue weighted by atomic mass is 16.5. The van der Waals surface area contributed by atoms with Crippen LogP contribution in [0, 0.1) is 5.41 Å². The Labute approximate surface area is 275 Å². The molecular formula is C35H41N9O3. The summed E-state index contributed by atoms with van der Waals surface area (Å²) in [5, 5.41) is 14.6. The molecule has 1 aliphatic rings. The standard InChI is InChI=1S/C35H41N9O3/c1-42(2)16-15-37-23-27(22-36)26-9-14-30-31(21-26)40-32(41-33(30)44-17-19-47-20-18-44)24-5-10-28(11-6-24)38-35(46)39-29-12-7-25(8-13-29)34(45)43(3)4/h5-14,21-23,27,36H,15-20H2,1-4H3,(H2,38,39,46). The third-order valence-electron chi connectivity index (χ3n) is 7.72. The minimum Gasteiger partial charge on any atom is -0.378 e. The number of anilines is 3. The van der Waals surface area contributed by atoms with E-state index in [2.05, 4.69) is 25.4 Å². The fourth-order valence-corrected chi connectivity index (χ4v) is 5.10. The van der Waals surface area contributed by atoms with Crippen molar-refractivity contribution in [2.24, 2.45) is 4.99 Å².